The first-order valence-corrected chi connectivity index (χ1v) is 9.93. The van der Waals surface area contributed by atoms with Crippen molar-refractivity contribution in [1.82, 2.24) is 25.3 Å². The topological polar surface area (TPSA) is 57.5 Å². The van der Waals surface area contributed by atoms with Crippen molar-refractivity contribution in [2.24, 2.45) is 4.99 Å². The quantitative estimate of drug-likeness (QED) is 0.824. The molecule has 2 aliphatic rings. The van der Waals surface area contributed by atoms with Crippen molar-refractivity contribution < 1.29 is 8.78 Å². The lowest BCUT2D eigenvalue weighted by atomic mass is 9.92. The second-order valence-electron chi connectivity index (χ2n) is 8.50. The van der Waals surface area contributed by atoms with E-state index in [0.717, 1.165) is 17.1 Å². The smallest absolute Gasteiger partial charge is 0.248 e. The zero-order valence-corrected chi connectivity index (χ0v) is 17.7. The number of nitrogens with zero attached hydrogens (tertiary/aromatic N) is 4. The van der Waals surface area contributed by atoms with Gasteiger partial charge in [-0.05, 0) is 60.7 Å². The number of aryl methyl sites for hydroxylation is 2. The third-order valence-corrected chi connectivity index (χ3v) is 5.72. The Morgan fingerprint density at radius 3 is 2.43 bits per heavy atom. The summed E-state index contributed by atoms with van der Waals surface area (Å²) < 4.78 is 28.9. The minimum absolute atomic E-state index is 0.0860. The molecule has 1 aliphatic heterocycles. The van der Waals surface area contributed by atoms with Gasteiger partial charge < -0.3 is 15.5 Å². The van der Waals surface area contributed by atoms with Crippen molar-refractivity contribution >= 4 is 5.84 Å². The first-order chi connectivity index (χ1) is 13.0. The molecule has 3 rings (SSSR count). The first kappa shape index (κ1) is 20.8. The molecule has 1 saturated carbocycles. The molecule has 1 aliphatic carbocycles. The fourth-order valence-corrected chi connectivity index (χ4v) is 3.89. The number of halogens is 2. The molecular weight excluding hydrogens is 362 g/mol. The van der Waals surface area contributed by atoms with E-state index in [4.69, 9.17) is 4.99 Å². The maximum Gasteiger partial charge on any atom is 0.248 e. The molecule has 28 heavy (non-hydrogen) atoms. The summed E-state index contributed by atoms with van der Waals surface area (Å²) in [5.74, 6) is -2.52. The average Bonchev–Trinajstić information content (AvgIpc) is 2.95. The van der Waals surface area contributed by atoms with Gasteiger partial charge in [0.2, 0.25) is 11.7 Å². The van der Waals surface area contributed by atoms with E-state index in [-0.39, 0.29) is 24.9 Å². The van der Waals surface area contributed by atoms with Gasteiger partial charge in [0, 0.05) is 36.4 Å². The number of hydrogen-bond donors (Lipinski definition) is 2. The van der Waals surface area contributed by atoms with Gasteiger partial charge in [-0.25, -0.2) is 13.5 Å². The molecule has 2 N–H and O–H groups in total. The average molecular weight is 395 g/mol. The number of aromatic nitrogens is 2. The predicted octanol–water partition coefficient (Wildman–Crippen LogP) is 3.13. The lowest BCUT2D eigenvalue weighted by Crippen LogP contribution is -2.62. The van der Waals surface area contributed by atoms with E-state index < -0.39 is 11.7 Å². The van der Waals surface area contributed by atoms with E-state index in [2.05, 4.69) is 27.6 Å². The van der Waals surface area contributed by atoms with Crippen LogP contribution in [-0.2, 0) is 5.79 Å². The molecule has 1 fully saturated rings. The van der Waals surface area contributed by atoms with Gasteiger partial charge in [0.05, 0.1) is 11.7 Å². The SMILES string of the molecule is Cc1cc(C)n(C2(C)NC(C(C)N(C)C)=CC(=NC3CCC(F)(F)CC3)N2)n1. The highest BCUT2D eigenvalue weighted by Gasteiger charge is 2.37. The van der Waals surface area contributed by atoms with Gasteiger partial charge in [0.25, 0.3) is 0 Å². The molecule has 0 amide bonds. The molecule has 0 bridgehead atoms. The number of hydrogen-bond acceptors (Lipinski definition) is 4. The Kier molecular flexibility index (Phi) is 5.53. The first-order valence-electron chi connectivity index (χ1n) is 9.93. The standard InChI is InChI=1S/C20H32F2N6/c1-13-11-14(2)28(26-13)19(4)24-17(15(3)27(5)6)12-18(25-19)23-16-7-9-20(21,22)10-8-16/h11-12,15-16,24H,7-10H2,1-6H3,(H,23,25). The summed E-state index contributed by atoms with van der Waals surface area (Å²) in [5.41, 5.74) is 2.97. The van der Waals surface area contributed by atoms with Crippen molar-refractivity contribution in [3.8, 4) is 0 Å². The van der Waals surface area contributed by atoms with Gasteiger partial charge in [-0.2, -0.15) is 5.10 Å². The number of alkyl halides is 2. The van der Waals surface area contributed by atoms with Crippen molar-refractivity contribution in [2.45, 2.75) is 77.2 Å². The number of nitrogens with one attached hydrogen (secondary N) is 2. The van der Waals surface area contributed by atoms with E-state index >= 15 is 0 Å². The van der Waals surface area contributed by atoms with Gasteiger partial charge in [-0.3, -0.25) is 4.99 Å². The van der Waals surface area contributed by atoms with Crippen LogP contribution in [0.1, 0.15) is 50.9 Å². The van der Waals surface area contributed by atoms with Crippen LogP contribution in [0.25, 0.3) is 0 Å². The minimum atomic E-state index is -2.54. The van der Waals surface area contributed by atoms with Crippen LogP contribution in [0.3, 0.4) is 0 Å². The fraction of sp³-hybridized carbons (Fsp3) is 0.700. The molecule has 0 spiro atoms. The summed E-state index contributed by atoms with van der Waals surface area (Å²) in [6.07, 6.45) is 2.63. The highest BCUT2D eigenvalue weighted by Crippen LogP contribution is 2.34. The largest absolute Gasteiger partial charge is 0.346 e. The Morgan fingerprint density at radius 2 is 1.89 bits per heavy atom. The molecule has 1 aromatic heterocycles. The third kappa shape index (κ3) is 4.37. The van der Waals surface area contributed by atoms with Crippen LogP contribution in [0.15, 0.2) is 22.8 Å². The number of aliphatic imine (C=N–C) groups is 1. The van der Waals surface area contributed by atoms with Crippen molar-refractivity contribution in [3.05, 3.63) is 29.2 Å². The summed E-state index contributed by atoms with van der Waals surface area (Å²) in [7, 11) is 4.05. The monoisotopic (exact) mass is 394 g/mol. The number of rotatable bonds is 4. The van der Waals surface area contributed by atoms with E-state index in [1.807, 2.05) is 51.7 Å². The van der Waals surface area contributed by atoms with Crippen LogP contribution in [0.2, 0.25) is 0 Å². The predicted molar refractivity (Wildman–Crippen MR) is 107 cm³/mol. The molecule has 0 saturated heterocycles. The molecule has 8 heteroatoms. The van der Waals surface area contributed by atoms with E-state index in [9.17, 15) is 8.78 Å². The zero-order chi connectivity index (χ0) is 20.7. The van der Waals surface area contributed by atoms with E-state index in [0.29, 0.717) is 18.7 Å². The Bertz CT molecular complexity index is 772. The lowest BCUT2D eigenvalue weighted by molar-refractivity contribution is -0.0374. The third-order valence-electron chi connectivity index (χ3n) is 5.72. The maximum absolute atomic E-state index is 13.5. The summed E-state index contributed by atoms with van der Waals surface area (Å²) in [4.78, 5) is 6.92. The van der Waals surface area contributed by atoms with Crippen molar-refractivity contribution in [3.63, 3.8) is 0 Å². The molecule has 6 nitrogen and oxygen atoms in total. The summed E-state index contributed by atoms with van der Waals surface area (Å²) in [6, 6.07) is 2.08. The fourth-order valence-electron chi connectivity index (χ4n) is 3.89. The zero-order valence-electron chi connectivity index (χ0n) is 17.7. The van der Waals surface area contributed by atoms with Crippen LogP contribution in [0, 0.1) is 13.8 Å². The number of likely N-dealkylation sites (N-methyl/N-ethyl adjacent to an activating group) is 1. The Morgan fingerprint density at radius 1 is 1.25 bits per heavy atom. The van der Waals surface area contributed by atoms with Gasteiger partial charge in [0.1, 0.15) is 5.84 Å². The number of amidine groups is 1. The summed E-state index contributed by atoms with van der Waals surface area (Å²) >= 11 is 0. The van der Waals surface area contributed by atoms with Crippen LogP contribution in [-0.4, -0.2) is 52.6 Å². The highest BCUT2D eigenvalue weighted by atomic mass is 19.3. The van der Waals surface area contributed by atoms with Crippen LogP contribution in [0.4, 0.5) is 8.78 Å². The van der Waals surface area contributed by atoms with Gasteiger partial charge in [-0.1, -0.05) is 0 Å². The van der Waals surface area contributed by atoms with Crippen LogP contribution < -0.4 is 10.6 Å². The van der Waals surface area contributed by atoms with Crippen LogP contribution in [0.5, 0.6) is 0 Å². The van der Waals surface area contributed by atoms with Gasteiger partial charge >= 0.3 is 0 Å². The lowest BCUT2D eigenvalue weighted by Gasteiger charge is -2.41. The normalized spacial score (nSPS) is 28.0. The molecular formula is C20H32F2N6. The molecule has 0 radical (unpaired) electrons. The van der Waals surface area contributed by atoms with Crippen molar-refractivity contribution in [1.29, 1.82) is 0 Å². The minimum Gasteiger partial charge on any atom is -0.346 e. The Balaban J connectivity index is 1.93. The second kappa shape index (κ2) is 7.46. The van der Waals surface area contributed by atoms with E-state index in [1.165, 1.54) is 0 Å². The van der Waals surface area contributed by atoms with Gasteiger partial charge in [-0.15, -0.1) is 0 Å². The summed E-state index contributed by atoms with van der Waals surface area (Å²) in [5, 5.41) is 11.7. The summed E-state index contributed by atoms with van der Waals surface area (Å²) in [6.45, 7) is 8.12. The maximum atomic E-state index is 13.5. The molecule has 2 heterocycles. The van der Waals surface area contributed by atoms with Gasteiger partial charge in [0.15, 0.2) is 0 Å². The molecule has 156 valence electrons. The Labute approximate surface area is 166 Å². The highest BCUT2D eigenvalue weighted by molar-refractivity contribution is 5.95. The van der Waals surface area contributed by atoms with Crippen molar-refractivity contribution in [2.75, 3.05) is 14.1 Å². The second-order valence-corrected chi connectivity index (χ2v) is 8.50. The molecule has 0 aromatic carbocycles. The van der Waals surface area contributed by atoms with Crippen LogP contribution >= 0.6 is 0 Å². The molecule has 1 aromatic rings. The van der Waals surface area contributed by atoms with E-state index in [1.54, 1.807) is 0 Å². The molecule has 2 unspecified atom stereocenters. The Hall–Kier alpha value is -1.96. The molecule has 2 atom stereocenters.